The van der Waals surface area contributed by atoms with Gasteiger partial charge in [-0.1, -0.05) is 17.7 Å². The van der Waals surface area contributed by atoms with Crippen LogP contribution in [0.3, 0.4) is 0 Å². The number of carbonyl (C=O) groups excluding carboxylic acids is 1. The quantitative estimate of drug-likeness (QED) is 0.136. The highest BCUT2D eigenvalue weighted by atomic mass is 35.5. The molecule has 324 valence electrons. The highest BCUT2D eigenvalue weighted by Crippen LogP contribution is 2.35. The summed E-state index contributed by atoms with van der Waals surface area (Å²) in [6.07, 6.45) is 4.56. The number of imidazole rings is 1. The molecule has 3 fully saturated rings. The number of nitrogens with zero attached hydrogens (tertiary/aromatic N) is 10. The lowest BCUT2D eigenvalue weighted by Gasteiger charge is -2.39. The number of carbonyl (C=O) groups is 1. The number of benzene rings is 2. The smallest absolute Gasteiger partial charge is 0.236 e. The lowest BCUT2D eigenvalue weighted by Crippen LogP contribution is -2.55. The number of halogens is 3. The number of anilines is 4. The first-order chi connectivity index (χ1) is 29.2. The summed E-state index contributed by atoms with van der Waals surface area (Å²) in [5.41, 5.74) is 0.941. The van der Waals surface area contributed by atoms with Crippen LogP contribution in [0.2, 0.25) is 5.02 Å². The van der Waals surface area contributed by atoms with Crippen LogP contribution in [0.15, 0.2) is 55.0 Å². The summed E-state index contributed by atoms with van der Waals surface area (Å²) in [6, 6.07) is 11.4. The van der Waals surface area contributed by atoms with Gasteiger partial charge >= 0.3 is 0 Å². The Bertz CT molecular complexity index is 2370. The Kier molecular flexibility index (Phi) is 12.3. The Balaban J connectivity index is 0.833. The number of hydrogen-bond donors (Lipinski definition) is 4. The summed E-state index contributed by atoms with van der Waals surface area (Å²) in [6.45, 7) is 12.3. The van der Waals surface area contributed by atoms with E-state index < -0.39 is 23.6 Å². The standard InChI is InChI=1S/C43H53ClF2N12O3/c1-26(2)58-34-18-27(17-32(46)40(34)52-41(58)43(3,4)61)39-31(44)21-47-42(53-39)51-33-10-12-57(23-35(33)59)38(60)24-54-13-15-55(16-14-54)37-20-36(48-25-49-37)50-29-8-6-11-56(22-29)30-9-5-7-28(45)19-30/h5,7,9,17-21,25-26,29,33,35,59,61H,6,8,10-16,22-24H2,1-4H3,(H,47,51,53)(H,48,49,50)/t29-,33-,35-/m1/s1. The molecule has 3 aliphatic rings. The van der Waals surface area contributed by atoms with Crippen LogP contribution in [0.25, 0.3) is 22.3 Å². The van der Waals surface area contributed by atoms with E-state index >= 15 is 4.39 Å². The van der Waals surface area contributed by atoms with Crippen LogP contribution in [0.4, 0.5) is 32.1 Å². The highest BCUT2D eigenvalue weighted by Gasteiger charge is 2.33. The summed E-state index contributed by atoms with van der Waals surface area (Å²) in [5.74, 6) is 1.27. The van der Waals surface area contributed by atoms with Crippen molar-refractivity contribution in [1.82, 2.24) is 39.3 Å². The number of hydrogen-bond acceptors (Lipinski definition) is 13. The molecule has 0 spiro atoms. The fraction of sp³-hybridized carbons (Fsp3) is 0.488. The van der Waals surface area contributed by atoms with Gasteiger partial charge in [0.2, 0.25) is 11.9 Å². The van der Waals surface area contributed by atoms with Crippen LogP contribution >= 0.6 is 11.6 Å². The fourth-order valence-corrected chi connectivity index (χ4v) is 8.81. The molecule has 61 heavy (non-hydrogen) atoms. The molecule has 1 amide bonds. The second-order valence-corrected chi connectivity index (χ2v) is 17.5. The fourth-order valence-electron chi connectivity index (χ4n) is 8.61. The van der Waals surface area contributed by atoms with Crippen molar-refractivity contribution in [3.63, 3.8) is 0 Å². The van der Waals surface area contributed by atoms with Crippen molar-refractivity contribution in [3.05, 3.63) is 77.5 Å². The molecule has 4 N–H and O–H groups in total. The molecule has 3 atom stereocenters. The maximum atomic E-state index is 15.6. The lowest BCUT2D eigenvalue weighted by molar-refractivity contribution is -0.135. The third kappa shape index (κ3) is 9.49. The van der Waals surface area contributed by atoms with Crippen LogP contribution in [-0.4, -0.2) is 132 Å². The van der Waals surface area contributed by atoms with Gasteiger partial charge in [0.25, 0.3) is 0 Å². The zero-order valence-electron chi connectivity index (χ0n) is 34.9. The summed E-state index contributed by atoms with van der Waals surface area (Å²) in [7, 11) is 0. The predicted molar refractivity (Wildman–Crippen MR) is 232 cm³/mol. The van der Waals surface area contributed by atoms with Crippen molar-refractivity contribution in [2.45, 2.75) is 76.8 Å². The van der Waals surface area contributed by atoms with Crippen LogP contribution in [0.5, 0.6) is 0 Å². The molecule has 0 radical (unpaired) electrons. The lowest BCUT2D eigenvalue weighted by atomic mass is 10.0. The van der Waals surface area contributed by atoms with Gasteiger partial charge in [-0.2, -0.15) is 0 Å². The van der Waals surface area contributed by atoms with Crippen molar-refractivity contribution in [1.29, 1.82) is 0 Å². The zero-order valence-corrected chi connectivity index (χ0v) is 35.7. The van der Waals surface area contributed by atoms with Crippen molar-refractivity contribution in [2.24, 2.45) is 0 Å². The third-order valence-electron chi connectivity index (χ3n) is 11.7. The van der Waals surface area contributed by atoms with Crippen molar-refractivity contribution in [3.8, 4) is 11.3 Å². The molecule has 0 saturated carbocycles. The maximum absolute atomic E-state index is 15.6. The number of piperazine rings is 1. The number of β-amino-alcohol motifs (C(OH)–C–C–N with tert-alkyl or cyclic N) is 1. The molecule has 0 aliphatic carbocycles. The van der Waals surface area contributed by atoms with Gasteiger partial charge in [0.1, 0.15) is 40.7 Å². The van der Waals surface area contributed by atoms with Gasteiger partial charge in [-0.05, 0) is 77.3 Å². The maximum Gasteiger partial charge on any atom is 0.236 e. The Hall–Kier alpha value is -5.23. The highest BCUT2D eigenvalue weighted by molar-refractivity contribution is 6.33. The molecule has 18 heteroatoms. The molecule has 3 saturated heterocycles. The number of aliphatic hydroxyl groups is 2. The van der Waals surface area contributed by atoms with Gasteiger partial charge in [-0.3, -0.25) is 9.69 Å². The Morgan fingerprint density at radius 2 is 1.75 bits per heavy atom. The van der Waals surface area contributed by atoms with Crippen molar-refractivity contribution >= 4 is 51.8 Å². The molecule has 3 aliphatic heterocycles. The number of likely N-dealkylation sites (tertiary alicyclic amines) is 1. The molecule has 0 bridgehead atoms. The van der Waals surface area contributed by atoms with E-state index in [1.165, 1.54) is 18.3 Å². The second-order valence-electron chi connectivity index (χ2n) is 17.1. The molecular weight excluding hydrogens is 806 g/mol. The molecular formula is C43H53ClF2N12O3. The number of fused-ring (bicyclic) bond motifs is 1. The molecule has 3 aromatic heterocycles. The second kappa shape index (κ2) is 17.6. The summed E-state index contributed by atoms with van der Waals surface area (Å²) in [4.78, 5) is 44.1. The SMILES string of the molecule is CC(C)n1c(C(C)(C)O)nc2c(F)cc(-c3nc(N[C@@H]4CCN(C(=O)CN5CCN(c6cc(N[C@@H]7CCCN(c8cccc(F)c8)C7)ncn6)CC5)C[C@H]4O)ncc3Cl)cc21. The number of piperidine rings is 2. The van der Waals surface area contributed by atoms with E-state index in [1.54, 1.807) is 47.8 Å². The minimum Gasteiger partial charge on any atom is -0.389 e. The Morgan fingerprint density at radius 3 is 2.49 bits per heavy atom. The normalized spacial score (nSPS) is 20.4. The number of aliphatic hydroxyl groups excluding tert-OH is 1. The van der Waals surface area contributed by atoms with Crippen molar-refractivity contribution in [2.75, 3.05) is 79.3 Å². The Morgan fingerprint density at radius 1 is 0.951 bits per heavy atom. The summed E-state index contributed by atoms with van der Waals surface area (Å²) >= 11 is 6.57. The first-order valence-corrected chi connectivity index (χ1v) is 21.3. The molecule has 0 unspecified atom stereocenters. The van der Waals surface area contributed by atoms with E-state index in [1.807, 2.05) is 26.0 Å². The van der Waals surface area contributed by atoms with Gasteiger partial charge in [0.15, 0.2) is 5.82 Å². The average Bonchev–Trinajstić information content (AvgIpc) is 3.65. The van der Waals surface area contributed by atoms with E-state index in [2.05, 4.69) is 50.3 Å². The van der Waals surface area contributed by atoms with Gasteiger partial charge in [-0.25, -0.2) is 33.7 Å². The zero-order chi connectivity index (χ0) is 43.0. The minimum atomic E-state index is -1.30. The average molecular weight is 859 g/mol. The first-order valence-electron chi connectivity index (χ1n) is 21.0. The van der Waals surface area contributed by atoms with Crippen LogP contribution in [-0.2, 0) is 10.4 Å². The van der Waals surface area contributed by atoms with Gasteiger partial charge in [0.05, 0.1) is 41.1 Å². The van der Waals surface area contributed by atoms with Crippen LogP contribution < -0.4 is 20.4 Å². The first kappa shape index (κ1) is 42.5. The van der Waals surface area contributed by atoms with Crippen LogP contribution in [0, 0.1) is 11.6 Å². The number of amides is 1. The van der Waals surface area contributed by atoms with Gasteiger partial charge in [0, 0.05) is 81.8 Å². The van der Waals surface area contributed by atoms with E-state index in [4.69, 9.17) is 11.6 Å². The van der Waals surface area contributed by atoms with E-state index in [-0.39, 0.29) is 53.4 Å². The topological polar surface area (TPSA) is 164 Å². The van der Waals surface area contributed by atoms with E-state index in [0.717, 1.165) is 43.3 Å². The Labute approximate surface area is 358 Å². The summed E-state index contributed by atoms with van der Waals surface area (Å²) in [5, 5.41) is 29.0. The molecule has 8 rings (SSSR count). The number of aromatic nitrogens is 6. The number of rotatable bonds is 11. The minimum absolute atomic E-state index is 0.0462. The largest absolute Gasteiger partial charge is 0.389 e. The van der Waals surface area contributed by atoms with E-state index in [0.29, 0.717) is 61.7 Å². The molecule has 6 heterocycles. The molecule has 5 aromatic rings. The molecule has 2 aromatic carbocycles. The summed E-state index contributed by atoms with van der Waals surface area (Å²) < 4.78 is 31.2. The van der Waals surface area contributed by atoms with Gasteiger partial charge < -0.3 is 40.1 Å². The van der Waals surface area contributed by atoms with Crippen LogP contribution in [0.1, 0.15) is 58.8 Å². The van der Waals surface area contributed by atoms with Gasteiger partial charge in [-0.15, -0.1) is 0 Å². The number of nitrogens with one attached hydrogen (secondary N) is 2. The third-order valence-corrected chi connectivity index (χ3v) is 12.0. The van der Waals surface area contributed by atoms with E-state index in [9.17, 15) is 19.4 Å². The van der Waals surface area contributed by atoms with Crippen molar-refractivity contribution < 1.29 is 23.8 Å². The molecule has 15 nitrogen and oxygen atoms in total. The monoisotopic (exact) mass is 858 g/mol. The predicted octanol–water partition coefficient (Wildman–Crippen LogP) is 5.30.